The molecule has 0 bridgehead atoms. The predicted octanol–water partition coefficient (Wildman–Crippen LogP) is 2.27. The molecule has 6 nitrogen and oxygen atoms in total. The fourth-order valence-corrected chi connectivity index (χ4v) is 3.47. The average Bonchev–Trinajstić information content (AvgIpc) is 3.18. The quantitative estimate of drug-likeness (QED) is 0.862. The van der Waals surface area contributed by atoms with Crippen molar-refractivity contribution in [2.24, 2.45) is 0 Å². The molecule has 2 aromatic heterocycles. The lowest BCUT2D eigenvalue weighted by Gasteiger charge is -2.20. The highest BCUT2D eigenvalue weighted by Gasteiger charge is 2.36. The number of ether oxygens (including phenoxy) is 1. The van der Waals surface area contributed by atoms with Crippen LogP contribution in [0.1, 0.15) is 34.7 Å². The number of hydrogen-bond donors (Lipinski definition) is 0. The highest BCUT2D eigenvalue weighted by molar-refractivity contribution is 7.10. The van der Waals surface area contributed by atoms with Gasteiger partial charge >= 0.3 is 0 Å². The maximum atomic E-state index is 8.91. The molecule has 1 saturated heterocycles. The van der Waals surface area contributed by atoms with Gasteiger partial charge in [-0.1, -0.05) is 0 Å². The number of thiophene rings is 1. The minimum absolute atomic E-state index is 0.0729. The van der Waals surface area contributed by atoms with Crippen molar-refractivity contribution in [2.75, 3.05) is 13.7 Å². The average molecular weight is 304 g/mol. The molecule has 0 spiro atoms. The van der Waals surface area contributed by atoms with Gasteiger partial charge in [-0.25, -0.2) is 0 Å². The summed E-state index contributed by atoms with van der Waals surface area (Å²) < 4.78 is 11.1. The van der Waals surface area contributed by atoms with Crippen molar-refractivity contribution in [1.29, 1.82) is 5.26 Å². The van der Waals surface area contributed by atoms with Crippen LogP contribution in [0.4, 0.5) is 0 Å². The van der Waals surface area contributed by atoms with Crippen molar-refractivity contribution in [3.8, 4) is 6.07 Å². The summed E-state index contributed by atoms with van der Waals surface area (Å²) in [7, 11) is 1.73. The molecule has 3 heterocycles. The molecule has 0 unspecified atom stereocenters. The Morgan fingerprint density at radius 2 is 2.43 bits per heavy atom. The molecular formula is C14H16N4O2S. The number of aromatic nitrogens is 2. The van der Waals surface area contributed by atoms with Gasteiger partial charge in [0.1, 0.15) is 6.07 Å². The van der Waals surface area contributed by atoms with E-state index in [0.717, 1.165) is 24.4 Å². The first-order valence-electron chi connectivity index (χ1n) is 6.74. The van der Waals surface area contributed by atoms with Crippen LogP contribution >= 0.6 is 11.3 Å². The summed E-state index contributed by atoms with van der Waals surface area (Å²) in [5, 5.41) is 18.9. The van der Waals surface area contributed by atoms with Crippen LogP contribution in [0.2, 0.25) is 0 Å². The van der Waals surface area contributed by atoms with Crippen LogP contribution in [0.3, 0.4) is 0 Å². The molecule has 1 aliphatic heterocycles. The highest BCUT2D eigenvalue weighted by Crippen LogP contribution is 2.34. The van der Waals surface area contributed by atoms with Gasteiger partial charge in [0, 0.05) is 37.4 Å². The van der Waals surface area contributed by atoms with E-state index in [9.17, 15) is 0 Å². The molecule has 0 aromatic carbocycles. The maximum absolute atomic E-state index is 8.91. The van der Waals surface area contributed by atoms with Crippen molar-refractivity contribution >= 4 is 11.3 Å². The summed E-state index contributed by atoms with van der Waals surface area (Å²) in [6.45, 7) is 3.38. The number of rotatable bonds is 4. The summed E-state index contributed by atoms with van der Waals surface area (Å²) in [6.07, 6.45) is 1.01. The molecule has 2 aromatic rings. The van der Waals surface area contributed by atoms with E-state index in [0.29, 0.717) is 17.3 Å². The zero-order chi connectivity index (χ0) is 14.8. The second-order valence-electron chi connectivity index (χ2n) is 5.11. The van der Waals surface area contributed by atoms with Gasteiger partial charge in [-0.05, 0) is 12.5 Å². The third-order valence-electron chi connectivity index (χ3n) is 3.67. The monoisotopic (exact) mass is 304 g/mol. The number of hydrogen-bond acceptors (Lipinski definition) is 7. The molecule has 110 valence electrons. The molecule has 0 saturated carbocycles. The van der Waals surface area contributed by atoms with Gasteiger partial charge in [0.05, 0.1) is 17.7 Å². The lowest BCUT2D eigenvalue weighted by molar-refractivity contribution is 0.107. The van der Waals surface area contributed by atoms with E-state index in [-0.39, 0.29) is 12.1 Å². The van der Waals surface area contributed by atoms with Crippen LogP contribution < -0.4 is 0 Å². The number of likely N-dealkylation sites (tertiary alicyclic amines) is 1. The molecule has 1 fully saturated rings. The summed E-state index contributed by atoms with van der Waals surface area (Å²) in [5.74, 6) is 1.22. The number of nitriles is 1. The molecule has 7 heteroatoms. The second kappa shape index (κ2) is 5.93. The first kappa shape index (κ1) is 14.2. The van der Waals surface area contributed by atoms with Crippen LogP contribution in [-0.4, -0.2) is 34.9 Å². The number of nitrogens with zero attached hydrogens (tertiary/aromatic N) is 4. The van der Waals surface area contributed by atoms with Crippen LogP contribution in [0.25, 0.3) is 0 Å². The topological polar surface area (TPSA) is 75.2 Å². The Morgan fingerprint density at radius 3 is 3.05 bits per heavy atom. The Kier molecular flexibility index (Phi) is 4.01. The predicted molar refractivity (Wildman–Crippen MR) is 76.6 cm³/mol. The van der Waals surface area contributed by atoms with Crippen LogP contribution in [0.15, 0.2) is 15.9 Å². The molecule has 3 rings (SSSR count). The SMILES string of the molecule is CO[C@H]1C[C@H](c2nnc(C)o2)N(Cc2cc(C#N)cs2)C1. The van der Waals surface area contributed by atoms with Gasteiger partial charge in [-0.2, -0.15) is 5.26 Å². The molecular weight excluding hydrogens is 288 g/mol. The summed E-state index contributed by atoms with van der Waals surface area (Å²) in [6, 6.07) is 4.17. The maximum Gasteiger partial charge on any atom is 0.233 e. The van der Waals surface area contributed by atoms with Gasteiger partial charge < -0.3 is 9.15 Å². The van der Waals surface area contributed by atoms with Gasteiger partial charge in [0.15, 0.2) is 0 Å². The number of aryl methyl sites for hydroxylation is 1. The van der Waals surface area contributed by atoms with E-state index in [1.807, 2.05) is 11.4 Å². The Labute approximate surface area is 127 Å². The first-order chi connectivity index (χ1) is 10.2. The zero-order valence-electron chi connectivity index (χ0n) is 11.9. The Morgan fingerprint density at radius 1 is 1.57 bits per heavy atom. The van der Waals surface area contributed by atoms with Crippen molar-refractivity contribution in [2.45, 2.75) is 32.0 Å². The molecule has 2 atom stereocenters. The molecule has 1 aliphatic rings. The van der Waals surface area contributed by atoms with Crippen molar-refractivity contribution in [3.63, 3.8) is 0 Å². The van der Waals surface area contributed by atoms with Gasteiger partial charge in [0.2, 0.25) is 11.8 Å². The molecule has 0 amide bonds. The lowest BCUT2D eigenvalue weighted by atomic mass is 10.2. The number of methoxy groups -OCH3 is 1. The minimum Gasteiger partial charge on any atom is -0.424 e. The van der Waals surface area contributed by atoms with E-state index >= 15 is 0 Å². The molecule has 0 aliphatic carbocycles. The largest absolute Gasteiger partial charge is 0.424 e. The molecule has 21 heavy (non-hydrogen) atoms. The smallest absolute Gasteiger partial charge is 0.233 e. The standard InChI is InChI=1S/C14H16N4O2S/c1-9-16-17-14(20-9)13-4-11(19-2)6-18(13)7-12-3-10(5-15)8-21-12/h3,8,11,13H,4,6-7H2,1-2H3/t11-,13+/m0/s1. The molecule has 0 N–H and O–H groups in total. The van der Waals surface area contributed by atoms with E-state index in [4.69, 9.17) is 14.4 Å². The normalized spacial score (nSPS) is 22.5. The van der Waals surface area contributed by atoms with Crippen LogP contribution in [0.5, 0.6) is 0 Å². The van der Waals surface area contributed by atoms with Crippen molar-refractivity contribution in [3.05, 3.63) is 33.7 Å². The van der Waals surface area contributed by atoms with Gasteiger partial charge in [-0.3, -0.25) is 4.90 Å². The van der Waals surface area contributed by atoms with E-state index in [1.54, 1.807) is 25.4 Å². The Bertz CT molecular complexity index is 660. The van der Waals surface area contributed by atoms with E-state index in [1.165, 1.54) is 0 Å². The third-order valence-corrected chi connectivity index (χ3v) is 4.59. The second-order valence-corrected chi connectivity index (χ2v) is 6.11. The first-order valence-corrected chi connectivity index (χ1v) is 7.62. The molecule has 0 radical (unpaired) electrons. The Hall–Kier alpha value is -1.75. The van der Waals surface area contributed by atoms with Crippen molar-refractivity contribution in [1.82, 2.24) is 15.1 Å². The van der Waals surface area contributed by atoms with Crippen LogP contribution in [-0.2, 0) is 11.3 Å². The summed E-state index contributed by atoms with van der Waals surface area (Å²) in [5.41, 5.74) is 0.711. The van der Waals surface area contributed by atoms with Crippen LogP contribution in [0, 0.1) is 18.3 Å². The fraction of sp³-hybridized carbons (Fsp3) is 0.500. The van der Waals surface area contributed by atoms with Gasteiger partial charge in [-0.15, -0.1) is 21.5 Å². The fourth-order valence-electron chi connectivity index (χ4n) is 2.63. The summed E-state index contributed by atoms with van der Waals surface area (Å²) in [4.78, 5) is 3.43. The summed E-state index contributed by atoms with van der Waals surface area (Å²) >= 11 is 1.60. The van der Waals surface area contributed by atoms with E-state index in [2.05, 4.69) is 21.2 Å². The van der Waals surface area contributed by atoms with E-state index < -0.39 is 0 Å². The van der Waals surface area contributed by atoms with Gasteiger partial charge in [0.25, 0.3) is 0 Å². The highest BCUT2D eigenvalue weighted by atomic mass is 32.1. The van der Waals surface area contributed by atoms with Crippen molar-refractivity contribution < 1.29 is 9.15 Å². The zero-order valence-corrected chi connectivity index (χ0v) is 12.8. The third kappa shape index (κ3) is 2.97. The minimum atomic E-state index is 0.0729. The lowest BCUT2D eigenvalue weighted by Crippen LogP contribution is -2.24. The Balaban J connectivity index is 1.79.